The van der Waals surface area contributed by atoms with Crippen LogP contribution in [0.2, 0.25) is 0 Å². The quantitative estimate of drug-likeness (QED) is 0.538. The topological polar surface area (TPSA) is 35.5 Å². The second-order valence-electron chi connectivity index (χ2n) is 4.20. The molecule has 1 aliphatic heterocycles. The molecule has 68 valence electrons. The van der Waals surface area contributed by atoms with E-state index in [0.29, 0.717) is 13.2 Å². The van der Waals surface area contributed by atoms with E-state index in [0.717, 1.165) is 0 Å². The number of hydrogen-bond donors (Lipinski definition) is 0. The predicted molar refractivity (Wildman–Crippen MR) is 42.9 cm³/mol. The molecule has 0 amide bonds. The van der Waals surface area contributed by atoms with Crippen LogP contribution in [0.5, 0.6) is 0 Å². The third kappa shape index (κ3) is 0.666. The Labute approximate surface area is 72.0 Å². The number of Topliss-reactive ketones (excluding diaryl/α,β-unsaturated/α-hetero) is 1. The van der Waals surface area contributed by atoms with Crippen LogP contribution in [0, 0.1) is 5.41 Å². The molecule has 1 aliphatic carbocycles. The number of rotatable bonds is 0. The van der Waals surface area contributed by atoms with Gasteiger partial charge in [0.1, 0.15) is 11.7 Å². The molecule has 2 fully saturated rings. The summed E-state index contributed by atoms with van der Waals surface area (Å²) >= 11 is 0. The van der Waals surface area contributed by atoms with Gasteiger partial charge in [0.2, 0.25) is 0 Å². The zero-order chi connectivity index (χ0) is 8.98. The standard InChI is InChI=1S/C9H14O3/c1-8(2)6(10)7-9(8,3)12-5-4-11-7/h7H,4-5H2,1-3H3. The number of carbonyl (C=O) groups is 1. The highest BCUT2D eigenvalue weighted by Crippen LogP contribution is 2.51. The molecule has 0 aromatic heterocycles. The van der Waals surface area contributed by atoms with Gasteiger partial charge in [0.25, 0.3) is 0 Å². The van der Waals surface area contributed by atoms with E-state index in [1.165, 1.54) is 0 Å². The molecule has 0 N–H and O–H groups in total. The van der Waals surface area contributed by atoms with Crippen molar-refractivity contribution in [1.29, 1.82) is 0 Å². The SMILES string of the molecule is CC1(C)C(=O)C2OCCOC21C. The van der Waals surface area contributed by atoms with Crippen LogP contribution in [0.15, 0.2) is 0 Å². The minimum atomic E-state index is -0.387. The maximum absolute atomic E-state index is 11.5. The van der Waals surface area contributed by atoms with Gasteiger partial charge in [0.15, 0.2) is 5.78 Å². The first-order chi connectivity index (χ1) is 5.50. The molecular weight excluding hydrogens is 156 g/mol. The van der Waals surface area contributed by atoms with E-state index in [4.69, 9.17) is 9.47 Å². The highest BCUT2D eigenvalue weighted by atomic mass is 16.6. The molecule has 2 unspecified atom stereocenters. The van der Waals surface area contributed by atoms with Crippen molar-refractivity contribution in [3.8, 4) is 0 Å². The van der Waals surface area contributed by atoms with Crippen molar-refractivity contribution in [2.45, 2.75) is 32.5 Å². The molecule has 0 aromatic carbocycles. The smallest absolute Gasteiger partial charge is 0.173 e. The van der Waals surface area contributed by atoms with Crippen LogP contribution in [-0.4, -0.2) is 30.7 Å². The highest BCUT2D eigenvalue weighted by molar-refractivity contribution is 5.98. The molecule has 0 aromatic rings. The third-order valence-corrected chi connectivity index (χ3v) is 3.37. The lowest BCUT2D eigenvalue weighted by Gasteiger charge is -2.58. The van der Waals surface area contributed by atoms with Crippen molar-refractivity contribution in [3.05, 3.63) is 0 Å². The van der Waals surface area contributed by atoms with E-state index < -0.39 is 0 Å². The van der Waals surface area contributed by atoms with Crippen molar-refractivity contribution in [2.75, 3.05) is 13.2 Å². The summed E-state index contributed by atoms with van der Waals surface area (Å²) in [5, 5.41) is 0. The fourth-order valence-electron chi connectivity index (χ4n) is 1.98. The Balaban J connectivity index is 2.29. The summed E-state index contributed by atoms with van der Waals surface area (Å²) in [6.45, 7) is 6.94. The van der Waals surface area contributed by atoms with E-state index in [-0.39, 0.29) is 22.9 Å². The van der Waals surface area contributed by atoms with Crippen LogP contribution in [0.4, 0.5) is 0 Å². The lowest BCUT2D eigenvalue weighted by Crippen LogP contribution is -2.75. The third-order valence-electron chi connectivity index (χ3n) is 3.37. The number of fused-ring (bicyclic) bond motifs is 1. The van der Waals surface area contributed by atoms with E-state index in [2.05, 4.69) is 0 Å². The Hall–Kier alpha value is -0.410. The van der Waals surface area contributed by atoms with Crippen LogP contribution in [-0.2, 0) is 14.3 Å². The summed E-state index contributed by atoms with van der Waals surface area (Å²) in [4.78, 5) is 11.5. The summed E-state index contributed by atoms with van der Waals surface area (Å²) < 4.78 is 11.0. The fraction of sp³-hybridized carbons (Fsp3) is 0.889. The lowest BCUT2D eigenvalue weighted by molar-refractivity contribution is -0.273. The van der Waals surface area contributed by atoms with Crippen molar-refractivity contribution in [1.82, 2.24) is 0 Å². The first-order valence-electron chi connectivity index (χ1n) is 4.30. The normalized spacial score (nSPS) is 44.9. The summed E-state index contributed by atoms with van der Waals surface area (Å²) in [5.41, 5.74) is -0.763. The molecule has 12 heavy (non-hydrogen) atoms. The first kappa shape index (κ1) is 8.20. The minimum Gasteiger partial charge on any atom is -0.369 e. The Morgan fingerprint density at radius 3 is 2.58 bits per heavy atom. The number of ketones is 1. The van der Waals surface area contributed by atoms with E-state index >= 15 is 0 Å². The van der Waals surface area contributed by atoms with Gasteiger partial charge in [0.05, 0.1) is 18.6 Å². The van der Waals surface area contributed by atoms with E-state index in [9.17, 15) is 4.79 Å². The van der Waals surface area contributed by atoms with Crippen LogP contribution in [0.1, 0.15) is 20.8 Å². The Morgan fingerprint density at radius 2 is 2.00 bits per heavy atom. The van der Waals surface area contributed by atoms with Gasteiger partial charge in [-0.2, -0.15) is 0 Å². The minimum absolute atomic E-state index is 0.171. The first-order valence-corrected chi connectivity index (χ1v) is 4.30. The molecule has 2 rings (SSSR count). The highest BCUT2D eigenvalue weighted by Gasteiger charge is 2.68. The monoisotopic (exact) mass is 170 g/mol. The molecule has 3 heteroatoms. The van der Waals surface area contributed by atoms with Crippen LogP contribution in [0.3, 0.4) is 0 Å². The summed E-state index contributed by atoms with van der Waals surface area (Å²) in [5.74, 6) is 0.171. The van der Waals surface area contributed by atoms with Crippen molar-refractivity contribution in [3.63, 3.8) is 0 Å². The van der Waals surface area contributed by atoms with Gasteiger partial charge >= 0.3 is 0 Å². The average Bonchev–Trinajstić information content (AvgIpc) is 2.04. The summed E-state index contributed by atoms with van der Waals surface area (Å²) in [7, 11) is 0. The van der Waals surface area contributed by atoms with Crippen LogP contribution < -0.4 is 0 Å². The van der Waals surface area contributed by atoms with Gasteiger partial charge in [-0.1, -0.05) is 0 Å². The van der Waals surface area contributed by atoms with Gasteiger partial charge in [-0.25, -0.2) is 0 Å². The number of hydrogen-bond acceptors (Lipinski definition) is 3. The lowest BCUT2D eigenvalue weighted by atomic mass is 9.56. The van der Waals surface area contributed by atoms with Gasteiger partial charge < -0.3 is 9.47 Å². The molecule has 2 atom stereocenters. The van der Waals surface area contributed by atoms with Crippen molar-refractivity contribution in [2.24, 2.45) is 5.41 Å². The maximum atomic E-state index is 11.5. The molecule has 0 radical (unpaired) electrons. The van der Waals surface area contributed by atoms with Gasteiger partial charge in [0, 0.05) is 0 Å². The predicted octanol–water partition coefficient (Wildman–Crippen LogP) is 0.769. The molecular formula is C9H14O3. The van der Waals surface area contributed by atoms with Gasteiger partial charge in [-0.15, -0.1) is 0 Å². The Kier molecular flexibility index (Phi) is 1.43. The Bertz CT molecular complexity index is 234. The van der Waals surface area contributed by atoms with Crippen molar-refractivity contribution < 1.29 is 14.3 Å². The van der Waals surface area contributed by atoms with Crippen LogP contribution >= 0.6 is 0 Å². The molecule has 2 aliphatic rings. The molecule has 1 saturated heterocycles. The van der Waals surface area contributed by atoms with Crippen molar-refractivity contribution >= 4 is 5.78 Å². The molecule has 0 spiro atoms. The fourth-order valence-corrected chi connectivity index (χ4v) is 1.98. The molecule has 0 bridgehead atoms. The zero-order valence-corrected chi connectivity index (χ0v) is 7.72. The van der Waals surface area contributed by atoms with Crippen LogP contribution in [0.25, 0.3) is 0 Å². The second-order valence-corrected chi connectivity index (χ2v) is 4.20. The molecule has 1 saturated carbocycles. The van der Waals surface area contributed by atoms with E-state index in [1.807, 2.05) is 20.8 Å². The van der Waals surface area contributed by atoms with Gasteiger partial charge in [-0.3, -0.25) is 4.79 Å². The zero-order valence-electron chi connectivity index (χ0n) is 7.72. The number of carbonyl (C=O) groups excluding carboxylic acids is 1. The second kappa shape index (κ2) is 2.09. The molecule has 3 nitrogen and oxygen atoms in total. The Morgan fingerprint density at radius 1 is 1.33 bits per heavy atom. The summed E-state index contributed by atoms with van der Waals surface area (Å²) in [6.07, 6.45) is -0.318. The van der Waals surface area contributed by atoms with Gasteiger partial charge in [-0.05, 0) is 20.8 Å². The summed E-state index contributed by atoms with van der Waals surface area (Å²) in [6, 6.07) is 0. The van der Waals surface area contributed by atoms with E-state index in [1.54, 1.807) is 0 Å². The largest absolute Gasteiger partial charge is 0.369 e. The maximum Gasteiger partial charge on any atom is 0.173 e. The number of ether oxygens (including phenoxy) is 2. The molecule has 1 heterocycles. The average molecular weight is 170 g/mol.